The third-order valence-corrected chi connectivity index (χ3v) is 4.45. The van der Waals surface area contributed by atoms with Crippen molar-refractivity contribution in [3.05, 3.63) is 130 Å². The fourth-order valence-corrected chi connectivity index (χ4v) is 3.14. The fraction of sp³-hybridized carbons (Fsp3) is 0.214. The summed E-state index contributed by atoms with van der Waals surface area (Å²) in [4.78, 5) is 0. The van der Waals surface area contributed by atoms with Gasteiger partial charge in [0.1, 0.15) is 0 Å². The molecule has 0 spiro atoms. The van der Waals surface area contributed by atoms with Crippen molar-refractivity contribution in [2.75, 3.05) is 0 Å². The van der Waals surface area contributed by atoms with Gasteiger partial charge in [-0.25, -0.2) is 12.1 Å². The predicted molar refractivity (Wildman–Crippen MR) is 131 cm³/mol. The molecule has 0 N–H and O–H groups in total. The monoisotopic (exact) mass is 487 g/mol. The van der Waals surface area contributed by atoms with Crippen LogP contribution in [0.2, 0.25) is 13.1 Å². The molecule has 4 aromatic rings. The standard InChI is InChI=1S/2C13H13.C2H7Si.Zr/c2*1-11-7-8-13(9-11)10-12-5-3-2-4-6-12;1-3-2;/h2*2-9H,10H2,1H3;3H,1-2H3;/q2*-1;;+2. The van der Waals surface area contributed by atoms with E-state index in [1.165, 1.54) is 33.4 Å². The molecule has 153 valence electrons. The first kappa shape index (κ1) is 26.3. The number of benzene rings is 2. The summed E-state index contributed by atoms with van der Waals surface area (Å²) in [6.45, 7) is 8.68. The van der Waals surface area contributed by atoms with Gasteiger partial charge in [-0.05, 0) is 0 Å². The van der Waals surface area contributed by atoms with Crippen molar-refractivity contribution in [3.8, 4) is 0 Å². The van der Waals surface area contributed by atoms with Gasteiger partial charge in [0, 0.05) is 9.52 Å². The largest absolute Gasteiger partial charge is 2.00 e. The molecule has 2 heteroatoms. The van der Waals surface area contributed by atoms with Gasteiger partial charge in [-0.15, -0.1) is 0 Å². The molecule has 0 fully saturated rings. The second kappa shape index (κ2) is 15.1. The van der Waals surface area contributed by atoms with Gasteiger partial charge < -0.3 is 0 Å². The minimum absolute atomic E-state index is 0. The molecule has 0 aliphatic heterocycles. The maximum Gasteiger partial charge on any atom is 2.00 e. The van der Waals surface area contributed by atoms with Gasteiger partial charge in [-0.3, -0.25) is 0 Å². The van der Waals surface area contributed by atoms with E-state index in [-0.39, 0.29) is 26.2 Å². The van der Waals surface area contributed by atoms with E-state index in [9.17, 15) is 0 Å². The van der Waals surface area contributed by atoms with Crippen LogP contribution in [0.3, 0.4) is 0 Å². The van der Waals surface area contributed by atoms with Crippen LogP contribution in [0.4, 0.5) is 0 Å². The molecule has 0 heterocycles. The Morgan fingerprint density at radius 2 is 0.900 bits per heavy atom. The van der Waals surface area contributed by atoms with E-state index < -0.39 is 0 Å². The van der Waals surface area contributed by atoms with Gasteiger partial charge in [0.2, 0.25) is 0 Å². The molecule has 0 amide bonds. The van der Waals surface area contributed by atoms with Gasteiger partial charge in [-0.2, -0.15) is 46.5 Å². The summed E-state index contributed by atoms with van der Waals surface area (Å²) in [5, 5.41) is 0. The Hall–Kier alpha value is -1.76. The van der Waals surface area contributed by atoms with Crippen molar-refractivity contribution in [1.29, 1.82) is 0 Å². The summed E-state index contributed by atoms with van der Waals surface area (Å²) >= 11 is 0. The SMILES string of the molecule is C[SiH]C.C[c-]1ccc(Cc2ccccc2)c1.C[c-]1ccc(Cc2ccccc2)c1.[Zr+2]. The number of hydrogen-bond acceptors (Lipinski definition) is 0. The Bertz CT molecular complexity index is 842. The number of hydrogen-bond donors (Lipinski definition) is 0. The second-order valence-corrected chi connectivity index (χ2v) is 8.65. The molecule has 0 aliphatic rings. The summed E-state index contributed by atoms with van der Waals surface area (Å²) in [6, 6.07) is 34.3. The zero-order valence-corrected chi connectivity index (χ0v) is 22.3. The quantitative estimate of drug-likeness (QED) is 0.212. The van der Waals surface area contributed by atoms with Crippen LogP contribution >= 0.6 is 0 Å². The van der Waals surface area contributed by atoms with Gasteiger partial charge in [0.25, 0.3) is 0 Å². The molecule has 0 atom stereocenters. The van der Waals surface area contributed by atoms with E-state index >= 15 is 0 Å². The third kappa shape index (κ3) is 10.3. The second-order valence-electron chi connectivity index (χ2n) is 7.50. The first-order valence-corrected chi connectivity index (χ1v) is 12.7. The molecule has 4 aromatic carbocycles. The summed E-state index contributed by atoms with van der Waals surface area (Å²) in [5.41, 5.74) is 8.28. The van der Waals surface area contributed by atoms with Crippen LogP contribution in [0.25, 0.3) is 0 Å². The smallest absolute Gasteiger partial charge is 0.210 e. The van der Waals surface area contributed by atoms with E-state index in [4.69, 9.17) is 0 Å². The summed E-state index contributed by atoms with van der Waals surface area (Å²) in [7, 11) is 0.750. The predicted octanol–water partition coefficient (Wildman–Crippen LogP) is 7.13. The molecule has 30 heavy (non-hydrogen) atoms. The minimum atomic E-state index is 0. The van der Waals surface area contributed by atoms with E-state index in [1.807, 2.05) is 0 Å². The van der Waals surface area contributed by atoms with E-state index in [0.717, 1.165) is 22.4 Å². The number of rotatable bonds is 4. The maximum absolute atomic E-state index is 2.24. The molecule has 0 aromatic heterocycles. The normalized spacial score (nSPS) is 9.47. The Morgan fingerprint density at radius 1 is 0.567 bits per heavy atom. The van der Waals surface area contributed by atoms with E-state index in [0.29, 0.717) is 0 Å². The van der Waals surface area contributed by atoms with Gasteiger partial charge in [0.15, 0.2) is 0 Å². The van der Waals surface area contributed by atoms with Crippen molar-refractivity contribution in [1.82, 2.24) is 0 Å². The Morgan fingerprint density at radius 3 is 1.17 bits per heavy atom. The average molecular weight is 489 g/mol. The topological polar surface area (TPSA) is 0 Å². The van der Waals surface area contributed by atoms with Crippen molar-refractivity contribution in [3.63, 3.8) is 0 Å². The molecule has 0 saturated carbocycles. The molecule has 1 radical (unpaired) electrons. The molecular weight excluding hydrogens is 456 g/mol. The molecule has 0 saturated heterocycles. The van der Waals surface area contributed by atoms with Crippen molar-refractivity contribution in [2.24, 2.45) is 0 Å². The van der Waals surface area contributed by atoms with Crippen LogP contribution in [0, 0.1) is 13.8 Å². The number of aryl methyl sites for hydroxylation is 2. The summed E-state index contributed by atoms with van der Waals surface area (Å²) in [5.74, 6) is 0. The molecule has 0 unspecified atom stereocenters. The van der Waals surface area contributed by atoms with Crippen LogP contribution in [0.1, 0.15) is 33.4 Å². The fourth-order valence-electron chi connectivity index (χ4n) is 3.14. The minimum Gasteiger partial charge on any atom is -0.210 e. The zero-order valence-electron chi connectivity index (χ0n) is 18.7. The van der Waals surface area contributed by atoms with E-state index in [1.54, 1.807) is 0 Å². The summed E-state index contributed by atoms with van der Waals surface area (Å²) in [6.07, 6.45) is 2.10. The van der Waals surface area contributed by atoms with Gasteiger partial charge in [-0.1, -0.05) is 112 Å². The van der Waals surface area contributed by atoms with Gasteiger partial charge >= 0.3 is 26.2 Å². The first-order valence-electron chi connectivity index (χ1n) is 10.4. The first-order chi connectivity index (χ1) is 14.1. The summed E-state index contributed by atoms with van der Waals surface area (Å²) < 4.78 is 0. The van der Waals surface area contributed by atoms with Crippen molar-refractivity contribution in [2.45, 2.75) is 39.8 Å². The molecule has 0 nitrogen and oxygen atoms in total. The maximum atomic E-state index is 2.24. The molecule has 0 aliphatic carbocycles. The van der Waals surface area contributed by atoms with Gasteiger partial charge in [0.05, 0.1) is 0 Å². The van der Waals surface area contributed by atoms with Crippen LogP contribution in [-0.4, -0.2) is 9.52 Å². The van der Waals surface area contributed by atoms with Crippen molar-refractivity contribution < 1.29 is 26.2 Å². The Kier molecular flexibility index (Phi) is 13.2. The van der Waals surface area contributed by atoms with Crippen LogP contribution < -0.4 is 0 Å². The Balaban J connectivity index is 0.000000258. The van der Waals surface area contributed by atoms with Crippen LogP contribution in [-0.2, 0) is 39.0 Å². The van der Waals surface area contributed by atoms with E-state index in [2.05, 4.69) is 124 Å². The third-order valence-electron chi connectivity index (χ3n) is 4.45. The molecule has 0 bridgehead atoms. The Labute approximate surface area is 205 Å². The molecular formula is C28H33SiZr. The average Bonchev–Trinajstić information content (AvgIpc) is 3.32. The zero-order chi connectivity index (χ0) is 20.9. The van der Waals surface area contributed by atoms with Crippen molar-refractivity contribution >= 4 is 9.52 Å². The van der Waals surface area contributed by atoms with Crippen LogP contribution in [0.5, 0.6) is 0 Å². The molecule has 4 rings (SSSR count). The van der Waals surface area contributed by atoms with Crippen LogP contribution in [0.15, 0.2) is 97.1 Å².